The Kier molecular flexibility index (Phi) is 8.55. The zero-order valence-electron chi connectivity index (χ0n) is 20.8. The van der Waals surface area contributed by atoms with Crippen LogP contribution in [0.1, 0.15) is 25.0 Å². The maximum absolute atomic E-state index is 13.5. The van der Waals surface area contributed by atoms with Crippen LogP contribution < -0.4 is 9.62 Å². The molecule has 0 unspecified atom stereocenters. The van der Waals surface area contributed by atoms with Crippen molar-refractivity contribution in [3.63, 3.8) is 0 Å². The average molecular weight is 530 g/mol. The number of nitrogens with zero attached hydrogens (tertiary/aromatic N) is 2. The molecule has 0 atom stereocenters. The second-order valence-corrected chi connectivity index (χ2v) is 12.1. The van der Waals surface area contributed by atoms with Gasteiger partial charge in [-0.3, -0.25) is 9.10 Å². The topological polar surface area (TPSA) is 104 Å². The third-order valence-corrected chi connectivity index (χ3v) is 9.45. The smallest absolute Gasteiger partial charge is 0.264 e. The molecule has 1 amide bonds. The maximum atomic E-state index is 13.5. The zero-order chi connectivity index (χ0) is 26.5. The summed E-state index contributed by atoms with van der Waals surface area (Å²) in [6.45, 7) is 7.49. The van der Waals surface area contributed by atoms with E-state index in [-0.39, 0.29) is 9.79 Å². The van der Waals surface area contributed by atoms with Crippen molar-refractivity contribution in [3.8, 4) is 0 Å². The Hall–Kier alpha value is -3.21. The van der Waals surface area contributed by atoms with Crippen molar-refractivity contribution in [2.75, 3.05) is 29.3 Å². The van der Waals surface area contributed by atoms with E-state index < -0.39 is 32.5 Å². The fourth-order valence-electron chi connectivity index (χ4n) is 3.88. The van der Waals surface area contributed by atoms with Crippen molar-refractivity contribution in [2.24, 2.45) is 0 Å². The molecule has 0 saturated heterocycles. The van der Waals surface area contributed by atoms with Gasteiger partial charge in [0, 0.05) is 18.8 Å². The number of benzene rings is 3. The van der Waals surface area contributed by atoms with Gasteiger partial charge in [-0.25, -0.2) is 16.8 Å². The molecule has 0 aromatic heterocycles. The Morgan fingerprint density at radius 1 is 0.750 bits per heavy atom. The largest absolute Gasteiger partial charge is 0.325 e. The first-order valence-corrected chi connectivity index (χ1v) is 14.4. The van der Waals surface area contributed by atoms with E-state index in [1.807, 2.05) is 19.9 Å². The van der Waals surface area contributed by atoms with Crippen molar-refractivity contribution < 1.29 is 21.6 Å². The van der Waals surface area contributed by atoms with Crippen molar-refractivity contribution in [1.29, 1.82) is 0 Å². The molecule has 0 aliphatic rings. The number of aryl methyl sites for hydroxylation is 2. The molecule has 0 fully saturated rings. The van der Waals surface area contributed by atoms with E-state index in [9.17, 15) is 21.6 Å². The second kappa shape index (κ2) is 11.2. The third kappa shape index (κ3) is 6.13. The third-order valence-electron chi connectivity index (χ3n) is 5.59. The van der Waals surface area contributed by atoms with Crippen LogP contribution in [-0.4, -0.2) is 46.7 Å². The molecule has 0 radical (unpaired) electrons. The van der Waals surface area contributed by atoms with E-state index in [0.717, 1.165) is 15.4 Å². The summed E-state index contributed by atoms with van der Waals surface area (Å²) in [7, 11) is -7.66. The van der Waals surface area contributed by atoms with E-state index in [1.165, 1.54) is 40.7 Å². The van der Waals surface area contributed by atoms with Gasteiger partial charge in [0.15, 0.2) is 0 Å². The Bertz CT molecular complexity index is 1400. The summed E-state index contributed by atoms with van der Waals surface area (Å²) in [6.07, 6.45) is 0. The van der Waals surface area contributed by atoms with Gasteiger partial charge in [0.05, 0.1) is 15.5 Å². The van der Waals surface area contributed by atoms with Crippen LogP contribution in [0.15, 0.2) is 82.6 Å². The lowest BCUT2D eigenvalue weighted by atomic mass is 10.1. The molecule has 192 valence electrons. The van der Waals surface area contributed by atoms with Gasteiger partial charge in [-0.05, 0) is 73.5 Å². The molecule has 8 nitrogen and oxygen atoms in total. The van der Waals surface area contributed by atoms with Gasteiger partial charge >= 0.3 is 0 Å². The molecule has 36 heavy (non-hydrogen) atoms. The number of anilines is 2. The van der Waals surface area contributed by atoms with Gasteiger partial charge in [-0.1, -0.05) is 38.1 Å². The van der Waals surface area contributed by atoms with Crippen LogP contribution in [0.5, 0.6) is 0 Å². The minimum absolute atomic E-state index is 0.0721. The van der Waals surface area contributed by atoms with Crippen molar-refractivity contribution in [1.82, 2.24) is 4.31 Å². The van der Waals surface area contributed by atoms with Crippen LogP contribution in [-0.2, 0) is 24.8 Å². The minimum atomic E-state index is -4.03. The number of rotatable bonds is 10. The van der Waals surface area contributed by atoms with Gasteiger partial charge in [0.1, 0.15) is 6.54 Å². The normalized spacial score (nSPS) is 11.9. The van der Waals surface area contributed by atoms with Crippen molar-refractivity contribution >= 4 is 37.3 Å². The monoisotopic (exact) mass is 529 g/mol. The quantitative estimate of drug-likeness (QED) is 0.425. The molecule has 3 aromatic rings. The van der Waals surface area contributed by atoms with E-state index in [0.29, 0.717) is 24.5 Å². The average Bonchev–Trinajstić information content (AvgIpc) is 2.83. The minimum Gasteiger partial charge on any atom is -0.325 e. The predicted molar refractivity (Wildman–Crippen MR) is 142 cm³/mol. The fourth-order valence-corrected chi connectivity index (χ4v) is 6.77. The first kappa shape index (κ1) is 27.4. The van der Waals surface area contributed by atoms with Crippen LogP contribution in [0.25, 0.3) is 0 Å². The van der Waals surface area contributed by atoms with Crippen molar-refractivity contribution in [3.05, 3.63) is 83.9 Å². The molecule has 1 N–H and O–H groups in total. The Morgan fingerprint density at radius 3 is 1.81 bits per heavy atom. The summed E-state index contributed by atoms with van der Waals surface area (Å²) in [5.41, 5.74) is 2.47. The van der Waals surface area contributed by atoms with Gasteiger partial charge in [-0.2, -0.15) is 4.31 Å². The summed E-state index contributed by atoms with van der Waals surface area (Å²) >= 11 is 0. The number of carbonyl (C=O) groups is 1. The van der Waals surface area contributed by atoms with Crippen LogP contribution >= 0.6 is 0 Å². The first-order chi connectivity index (χ1) is 17.0. The van der Waals surface area contributed by atoms with E-state index in [2.05, 4.69) is 5.32 Å². The summed E-state index contributed by atoms with van der Waals surface area (Å²) in [4.78, 5) is 13.2. The van der Waals surface area contributed by atoms with Gasteiger partial charge < -0.3 is 5.32 Å². The molecule has 0 aliphatic carbocycles. The van der Waals surface area contributed by atoms with Gasteiger partial charge in [-0.15, -0.1) is 0 Å². The maximum Gasteiger partial charge on any atom is 0.264 e. The molecular weight excluding hydrogens is 498 g/mol. The predicted octanol–water partition coefficient (Wildman–Crippen LogP) is 4.17. The highest BCUT2D eigenvalue weighted by atomic mass is 32.2. The first-order valence-electron chi connectivity index (χ1n) is 11.5. The van der Waals surface area contributed by atoms with Gasteiger partial charge in [0.25, 0.3) is 10.0 Å². The lowest BCUT2D eigenvalue weighted by Crippen LogP contribution is -2.38. The summed E-state index contributed by atoms with van der Waals surface area (Å²) in [6, 6.07) is 19.1. The molecule has 10 heteroatoms. The molecule has 0 aliphatic heterocycles. The van der Waals surface area contributed by atoms with Crippen molar-refractivity contribution in [2.45, 2.75) is 37.5 Å². The molecule has 0 spiro atoms. The number of hydrogen-bond acceptors (Lipinski definition) is 5. The second-order valence-electron chi connectivity index (χ2n) is 8.33. The lowest BCUT2D eigenvalue weighted by Gasteiger charge is -2.25. The fraction of sp³-hybridized carbons (Fsp3) is 0.269. The number of nitrogens with one attached hydrogen (secondary N) is 1. The van der Waals surface area contributed by atoms with Crippen LogP contribution in [0.4, 0.5) is 11.4 Å². The van der Waals surface area contributed by atoms with Gasteiger partial charge in [0.2, 0.25) is 15.9 Å². The highest BCUT2D eigenvalue weighted by Crippen LogP contribution is 2.26. The molecular formula is C26H31N3O5S2. The highest BCUT2D eigenvalue weighted by Gasteiger charge is 2.28. The number of amides is 1. The highest BCUT2D eigenvalue weighted by molar-refractivity contribution is 7.92. The standard InChI is InChI=1S/C26H31N3O5S2/c1-5-28(6-2)35(31,32)25-14-12-22(13-15-25)27-26(30)19-29(23-17-20(3)16-21(4)18-23)36(33,34)24-10-8-7-9-11-24/h7-18H,5-6,19H2,1-4H3,(H,27,30). The summed E-state index contributed by atoms with van der Waals surface area (Å²) < 4.78 is 54.8. The zero-order valence-corrected chi connectivity index (χ0v) is 22.4. The van der Waals surface area contributed by atoms with Crippen LogP contribution in [0.2, 0.25) is 0 Å². The lowest BCUT2D eigenvalue weighted by molar-refractivity contribution is -0.114. The van der Waals surface area contributed by atoms with E-state index in [1.54, 1.807) is 44.2 Å². The summed E-state index contributed by atoms with van der Waals surface area (Å²) in [5, 5.41) is 2.68. The SMILES string of the molecule is CCN(CC)S(=O)(=O)c1ccc(NC(=O)CN(c2cc(C)cc(C)c2)S(=O)(=O)c2ccccc2)cc1. The Labute approximate surface area is 213 Å². The van der Waals surface area contributed by atoms with Crippen LogP contribution in [0, 0.1) is 13.8 Å². The molecule has 3 rings (SSSR count). The Balaban J connectivity index is 1.88. The molecule has 0 saturated carbocycles. The number of hydrogen-bond donors (Lipinski definition) is 1. The molecule has 3 aromatic carbocycles. The molecule has 0 bridgehead atoms. The Morgan fingerprint density at radius 2 is 1.28 bits per heavy atom. The molecule has 0 heterocycles. The van der Waals surface area contributed by atoms with Crippen LogP contribution in [0.3, 0.4) is 0 Å². The van der Waals surface area contributed by atoms with E-state index in [4.69, 9.17) is 0 Å². The van der Waals surface area contributed by atoms with E-state index >= 15 is 0 Å². The number of sulfonamides is 2. The summed E-state index contributed by atoms with van der Waals surface area (Å²) in [5.74, 6) is -0.562. The number of carbonyl (C=O) groups excluding carboxylic acids is 1.